The number of halogens is 1. The Bertz CT molecular complexity index is 493. The van der Waals surface area contributed by atoms with Crippen LogP contribution in [0.2, 0.25) is 0 Å². The fraction of sp³-hybridized carbons (Fsp3) is 0.286. The van der Waals surface area contributed by atoms with Crippen LogP contribution in [0.15, 0.2) is 36.4 Å². The van der Waals surface area contributed by atoms with Gasteiger partial charge in [0, 0.05) is 5.39 Å². The molecule has 2 rings (SSSR count). The molecule has 0 saturated carbocycles. The normalized spacial score (nSPS) is 12.7. The van der Waals surface area contributed by atoms with E-state index in [9.17, 15) is 0 Å². The average molecular weight is 235 g/mol. The number of alkyl halides is 1. The van der Waals surface area contributed by atoms with Gasteiger partial charge in [0.15, 0.2) is 0 Å². The van der Waals surface area contributed by atoms with Crippen molar-refractivity contribution in [2.45, 2.75) is 18.7 Å². The van der Waals surface area contributed by atoms with Crippen molar-refractivity contribution < 1.29 is 4.74 Å². The molecule has 1 nitrogen and oxygen atoms in total. The number of hydrogen-bond acceptors (Lipinski definition) is 1. The molecule has 0 amide bonds. The van der Waals surface area contributed by atoms with Gasteiger partial charge in [0.05, 0.1) is 12.5 Å². The van der Waals surface area contributed by atoms with E-state index >= 15 is 0 Å². The Labute approximate surface area is 101 Å². The molecule has 0 aromatic heterocycles. The predicted octanol–water partition coefficient (Wildman–Crippen LogP) is 4.54. The van der Waals surface area contributed by atoms with Gasteiger partial charge in [-0.15, -0.1) is 11.6 Å². The fourth-order valence-corrected chi connectivity index (χ4v) is 2.16. The summed E-state index contributed by atoms with van der Waals surface area (Å²) < 4.78 is 5.35. The Morgan fingerprint density at radius 3 is 2.44 bits per heavy atom. The van der Waals surface area contributed by atoms with Crippen molar-refractivity contribution in [1.82, 2.24) is 0 Å². The lowest BCUT2D eigenvalue weighted by Crippen LogP contribution is -1.92. The first-order valence-electron chi connectivity index (χ1n) is 5.47. The molecule has 0 saturated heterocycles. The van der Waals surface area contributed by atoms with Gasteiger partial charge in [-0.05, 0) is 23.4 Å². The van der Waals surface area contributed by atoms with Crippen LogP contribution in [0.25, 0.3) is 10.8 Å². The smallest absolute Gasteiger partial charge is 0.126 e. The molecular formula is C14H15ClO. The van der Waals surface area contributed by atoms with Crippen molar-refractivity contribution in [2.24, 2.45) is 0 Å². The first-order valence-corrected chi connectivity index (χ1v) is 5.91. The first-order chi connectivity index (χ1) is 7.77. The van der Waals surface area contributed by atoms with E-state index in [0.29, 0.717) is 0 Å². The molecule has 2 heteroatoms. The summed E-state index contributed by atoms with van der Waals surface area (Å²) in [6.07, 6.45) is 0.928. The van der Waals surface area contributed by atoms with E-state index in [0.717, 1.165) is 17.6 Å². The van der Waals surface area contributed by atoms with Crippen LogP contribution in [0.1, 0.15) is 24.3 Å². The number of rotatable bonds is 3. The Balaban J connectivity index is 2.69. The zero-order valence-electron chi connectivity index (χ0n) is 9.53. The van der Waals surface area contributed by atoms with E-state index in [-0.39, 0.29) is 5.38 Å². The van der Waals surface area contributed by atoms with Gasteiger partial charge >= 0.3 is 0 Å². The summed E-state index contributed by atoms with van der Waals surface area (Å²) in [7, 11) is 1.69. The highest BCUT2D eigenvalue weighted by Crippen LogP contribution is 2.35. The summed E-state index contributed by atoms with van der Waals surface area (Å²) in [6, 6.07) is 12.3. The Morgan fingerprint density at radius 2 is 1.81 bits per heavy atom. The van der Waals surface area contributed by atoms with Gasteiger partial charge in [-0.3, -0.25) is 0 Å². The van der Waals surface area contributed by atoms with Gasteiger partial charge in [0.25, 0.3) is 0 Å². The maximum atomic E-state index is 6.32. The second kappa shape index (κ2) is 4.75. The minimum Gasteiger partial charge on any atom is -0.496 e. The molecule has 1 atom stereocenters. The minimum absolute atomic E-state index is 0.0656. The van der Waals surface area contributed by atoms with Crippen LogP contribution in [-0.2, 0) is 0 Å². The molecule has 0 aliphatic heterocycles. The summed E-state index contributed by atoms with van der Waals surface area (Å²) in [5.74, 6) is 0.902. The summed E-state index contributed by atoms with van der Waals surface area (Å²) in [6.45, 7) is 2.09. The van der Waals surface area contributed by atoms with Gasteiger partial charge in [0.2, 0.25) is 0 Å². The first kappa shape index (κ1) is 11.3. The molecule has 2 aromatic carbocycles. The molecule has 0 aliphatic rings. The van der Waals surface area contributed by atoms with Crippen LogP contribution in [-0.4, -0.2) is 7.11 Å². The molecule has 0 radical (unpaired) electrons. The van der Waals surface area contributed by atoms with Crippen molar-refractivity contribution in [1.29, 1.82) is 0 Å². The summed E-state index contributed by atoms with van der Waals surface area (Å²) in [5.41, 5.74) is 1.18. The molecule has 0 aliphatic carbocycles. The standard InChI is InChI=1S/C14H15ClO/c1-3-13(15)11-8-9-14(16-2)12-7-5-4-6-10(11)12/h4-9,13H,3H2,1-2H3. The molecule has 2 aromatic rings. The lowest BCUT2D eigenvalue weighted by molar-refractivity contribution is 0.419. The van der Waals surface area contributed by atoms with E-state index in [1.807, 2.05) is 18.2 Å². The largest absolute Gasteiger partial charge is 0.496 e. The summed E-state index contributed by atoms with van der Waals surface area (Å²) in [5, 5.41) is 2.38. The van der Waals surface area contributed by atoms with E-state index in [1.54, 1.807) is 7.11 Å². The quantitative estimate of drug-likeness (QED) is 0.709. The minimum atomic E-state index is 0.0656. The molecule has 84 valence electrons. The molecule has 16 heavy (non-hydrogen) atoms. The van der Waals surface area contributed by atoms with Crippen LogP contribution in [0, 0.1) is 0 Å². The lowest BCUT2D eigenvalue weighted by Gasteiger charge is -2.13. The fourth-order valence-electron chi connectivity index (χ4n) is 1.97. The topological polar surface area (TPSA) is 9.23 Å². The molecular weight excluding hydrogens is 220 g/mol. The Kier molecular flexibility index (Phi) is 3.35. The van der Waals surface area contributed by atoms with Crippen molar-refractivity contribution in [3.63, 3.8) is 0 Å². The molecule has 1 unspecified atom stereocenters. The van der Waals surface area contributed by atoms with Crippen LogP contribution in [0.3, 0.4) is 0 Å². The number of benzene rings is 2. The third-order valence-electron chi connectivity index (χ3n) is 2.83. The van der Waals surface area contributed by atoms with Gasteiger partial charge in [-0.1, -0.05) is 37.3 Å². The average Bonchev–Trinajstić information content (AvgIpc) is 2.36. The molecule has 0 fully saturated rings. The molecule has 0 bridgehead atoms. The lowest BCUT2D eigenvalue weighted by atomic mass is 10.00. The Morgan fingerprint density at radius 1 is 1.12 bits per heavy atom. The summed E-state index contributed by atoms with van der Waals surface area (Å²) in [4.78, 5) is 0. The third-order valence-corrected chi connectivity index (χ3v) is 3.38. The number of methoxy groups -OCH3 is 1. The summed E-state index contributed by atoms with van der Waals surface area (Å²) >= 11 is 6.32. The number of fused-ring (bicyclic) bond motifs is 1. The van der Waals surface area contributed by atoms with Crippen molar-refractivity contribution >= 4 is 22.4 Å². The van der Waals surface area contributed by atoms with E-state index < -0.39 is 0 Å². The second-order valence-corrected chi connectivity index (χ2v) is 4.31. The SMILES string of the molecule is CCC(Cl)c1ccc(OC)c2ccccc12. The van der Waals surface area contributed by atoms with Gasteiger partial charge in [-0.25, -0.2) is 0 Å². The monoisotopic (exact) mass is 234 g/mol. The van der Waals surface area contributed by atoms with Crippen LogP contribution in [0.5, 0.6) is 5.75 Å². The van der Waals surface area contributed by atoms with Gasteiger partial charge < -0.3 is 4.74 Å². The van der Waals surface area contributed by atoms with Gasteiger partial charge in [-0.2, -0.15) is 0 Å². The van der Waals surface area contributed by atoms with E-state index in [1.165, 1.54) is 10.9 Å². The highest BCUT2D eigenvalue weighted by Gasteiger charge is 2.11. The molecule has 0 heterocycles. The molecule has 0 N–H and O–H groups in total. The number of ether oxygens (including phenoxy) is 1. The predicted molar refractivity (Wildman–Crippen MR) is 69.4 cm³/mol. The zero-order valence-corrected chi connectivity index (χ0v) is 10.3. The zero-order chi connectivity index (χ0) is 11.5. The van der Waals surface area contributed by atoms with E-state index in [4.69, 9.17) is 16.3 Å². The maximum absolute atomic E-state index is 6.32. The number of hydrogen-bond donors (Lipinski definition) is 0. The maximum Gasteiger partial charge on any atom is 0.126 e. The van der Waals surface area contributed by atoms with Crippen LogP contribution < -0.4 is 4.74 Å². The third kappa shape index (κ3) is 1.88. The second-order valence-electron chi connectivity index (χ2n) is 3.78. The van der Waals surface area contributed by atoms with Crippen LogP contribution >= 0.6 is 11.6 Å². The van der Waals surface area contributed by atoms with Gasteiger partial charge in [0.1, 0.15) is 5.75 Å². The van der Waals surface area contributed by atoms with Crippen molar-refractivity contribution in [3.8, 4) is 5.75 Å². The van der Waals surface area contributed by atoms with Crippen molar-refractivity contribution in [2.75, 3.05) is 7.11 Å². The van der Waals surface area contributed by atoms with E-state index in [2.05, 4.69) is 25.1 Å². The van der Waals surface area contributed by atoms with Crippen LogP contribution in [0.4, 0.5) is 0 Å². The molecule has 0 spiro atoms. The highest BCUT2D eigenvalue weighted by atomic mass is 35.5. The Hall–Kier alpha value is -1.21. The highest BCUT2D eigenvalue weighted by molar-refractivity contribution is 6.21. The van der Waals surface area contributed by atoms with Crippen molar-refractivity contribution in [3.05, 3.63) is 42.0 Å².